The average Bonchev–Trinajstić information content (AvgIpc) is 2.38. The number of H-pyrrole nitrogens is 1. The van der Waals surface area contributed by atoms with Crippen LogP contribution in [0.2, 0.25) is 0 Å². The summed E-state index contributed by atoms with van der Waals surface area (Å²) in [5.74, 6) is 0.144. The number of hydrogen-bond acceptors (Lipinski definition) is 3. The highest BCUT2D eigenvalue weighted by Gasteiger charge is 2.02. The minimum Gasteiger partial charge on any atom is -0.342 e. The minimum absolute atomic E-state index is 0.187. The molecule has 0 aliphatic rings. The molecule has 0 atom stereocenters. The molecule has 1 amide bonds. The summed E-state index contributed by atoms with van der Waals surface area (Å²) < 4.78 is 0. The lowest BCUT2D eigenvalue weighted by Crippen LogP contribution is -2.21. The van der Waals surface area contributed by atoms with Gasteiger partial charge in [0.25, 0.3) is 5.91 Å². The van der Waals surface area contributed by atoms with Crippen molar-refractivity contribution in [3.63, 3.8) is 0 Å². The largest absolute Gasteiger partial charge is 0.342 e. The zero-order valence-electron chi connectivity index (χ0n) is 5.16. The summed E-state index contributed by atoms with van der Waals surface area (Å²) in [6.45, 7) is 0. The molecule has 1 aromatic rings. The van der Waals surface area contributed by atoms with Crippen LogP contribution in [-0.2, 0) is 0 Å². The number of aromatic amines is 1. The standard InChI is InChI=1S/C5H7N3OS/c9-5(6-3-10)4-1-2-7-8-4/h1-2,10H,3H2,(H,6,9)(H,7,8). The molecule has 0 saturated heterocycles. The van der Waals surface area contributed by atoms with Crippen molar-refractivity contribution in [1.29, 1.82) is 0 Å². The Morgan fingerprint density at radius 1 is 1.90 bits per heavy atom. The SMILES string of the molecule is O=C(NCS)c1ccn[nH]1. The Morgan fingerprint density at radius 2 is 2.70 bits per heavy atom. The number of carbonyl (C=O) groups excluding carboxylic acids is 1. The van der Waals surface area contributed by atoms with Gasteiger partial charge in [-0.3, -0.25) is 9.89 Å². The molecule has 0 spiro atoms. The van der Waals surface area contributed by atoms with Crippen LogP contribution in [0.25, 0.3) is 0 Å². The second kappa shape index (κ2) is 3.26. The molecule has 0 aromatic carbocycles. The Hall–Kier alpha value is -0.970. The Bertz CT molecular complexity index is 209. The molecule has 0 aliphatic heterocycles. The number of aromatic nitrogens is 2. The summed E-state index contributed by atoms with van der Waals surface area (Å²) in [5, 5.41) is 8.64. The second-order valence-electron chi connectivity index (χ2n) is 1.63. The van der Waals surface area contributed by atoms with E-state index in [4.69, 9.17) is 0 Å². The quantitative estimate of drug-likeness (QED) is 0.419. The van der Waals surface area contributed by atoms with Crippen molar-refractivity contribution >= 4 is 18.5 Å². The Morgan fingerprint density at radius 3 is 3.20 bits per heavy atom. The van der Waals surface area contributed by atoms with Crippen LogP contribution in [-0.4, -0.2) is 22.0 Å². The Labute approximate surface area is 63.4 Å². The molecule has 0 aliphatic carbocycles. The van der Waals surface area contributed by atoms with Crippen LogP contribution in [0, 0.1) is 0 Å². The van der Waals surface area contributed by atoms with Gasteiger partial charge in [0.15, 0.2) is 0 Å². The van der Waals surface area contributed by atoms with Crippen LogP contribution in [0.3, 0.4) is 0 Å². The van der Waals surface area contributed by atoms with Gasteiger partial charge in [0.2, 0.25) is 0 Å². The van der Waals surface area contributed by atoms with Crippen molar-refractivity contribution < 1.29 is 4.79 Å². The van der Waals surface area contributed by atoms with Gasteiger partial charge in [0.05, 0.1) is 5.88 Å². The van der Waals surface area contributed by atoms with Crippen LogP contribution in [0.1, 0.15) is 10.5 Å². The number of thiol groups is 1. The van der Waals surface area contributed by atoms with E-state index in [1.807, 2.05) is 0 Å². The van der Waals surface area contributed by atoms with Gasteiger partial charge in [0, 0.05) is 6.20 Å². The Balaban J connectivity index is 2.59. The number of rotatable bonds is 2. The van der Waals surface area contributed by atoms with Gasteiger partial charge in [-0.2, -0.15) is 17.7 Å². The monoisotopic (exact) mass is 157 g/mol. The molecule has 54 valence electrons. The average molecular weight is 157 g/mol. The summed E-state index contributed by atoms with van der Waals surface area (Å²) >= 11 is 3.82. The molecule has 2 N–H and O–H groups in total. The lowest BCUT2D eigenvalue weighted by Gasteiger charge is -1.95. The summed E-state index contributed by atoms with van der Waals surface area (Å²) in [6, 6.07) is 1.60. The first kappa shape index (κ1) is 7.14. The molecule has 0 bridgehead atoms. The third-order valence-corrected chi connectivity index (χ3v) is 1.14. The van der Waals surface area contributed by atoms with Crippen molar-refractivity contribution in [2.24, 2.45) is 0 Å². The topological polar surface area (TPSA) is 57.8 Å². The second-order valence-corrected chi connectivity index (χ2v) is 1.95. The van der Waals surface area contributed by atoms with Crippen LogP contribution >= 0.6 is 12.6 Å². The van der Waals surface area contributed by atoms with E-state index in [-0.39, 0.29) is 5.91 Å². The van der Waals surface area contributed by atoms with Crippen molar-refractivity contribution in [2.45, 2.75) is 0 Å². The van der Waals surface area contributed by atoms with Crippen LogP contribution < -0.4 is 5.32 Å². The maximum Gasteiger partial charge on any atom is 0.269 e. The van der Waals surface area contributed by atoms with Gasteiger partial charge in [-0.15, -0.1) is 0 Å². The maximum atomic E-state index is 10.9. The van der Waals surface area contributed by atoms with Gasteiger partial charge >= 0.3 is 0 Å². The molecular formula is C5H7N3OS. The molecule has 1 rings (SSSR count). The number of nitrogens with zero attached hydrogens (tertiary/aromatic N) is 1. The van der Waals surface area contributed by atoms with Gasteiger partial charge in [-0.25, -0.2) is 0 Å². The molecule has 10 heavy (non-hydrogen) atoms. The fraction of sp³-hybridized carbons (Fsp3) is 0.200. The third kappa shape index (κ3) is 1.51. The highest BCUT2D eigenvalue weighted by atomic mass is 32.1. The van der Waals surface area contributed by atoms with E-state index < -0.39 is 0 Å². The molecule has 4 nitrogen and oxygen atoms in total. The third-order valence-electron chi connectivity index (χ3n) is 0.985. The van der Waals surface area contributed by atoms with Crippen molar-refractivity contribution in [2.75, 3.05) is 5.88 Å². The fourth-order valence-electron chi connectivity index (χ4n) is 0.549. The summed E-state index contributed by atoms with van der Waals surface area (Å²) in [5.41, 5.74) is 0.453. The smallest absolute Gasteiger partial charge is 0.269 e. The molecule has 0 fully saturated rings. The van der Waals surface area contributed by atoms with Crippen LogP contribution in [0.15, 0.2) is 12.3 Å². The number of amides is 1. The summed E-state index contributed by atoms with van der Waals surface area (Å²) in [4.78, 5) is 10.9. The molecule has 1 aromatic heterocycles. The van der Waals surface area contributed by atoms with Crippen molar-refractivity contribution in [1.82, 2.24) is 15.5 Å². The normalized spacial score (nSPS) is 9.30. The predicted molar refractivity (Wildman–Crippen MR) is 39.9 cm³/mol. The summed E-state index contributed by atoms with van der Waals surface area (Å²) in [6.07, 6.45) is 1.52. The van der Waals surface area contributed by atoms with Gasteiger partial charge in [0.1, 0.15) is 5.69 Å². The first-order valence-corrected chi connectivity index (χ1v) is 3.36. The molecule has 0 unspecified atom stereocenters. The van der Waals surface area contributed by atoms with Crippen LogP contribution in [0.4, 0.5) is 0 Å². The zero-order valence-corrected chi connectivity index (χ0v) is 6.06. The Kier molecular flexibility index (Phi) is 2.33. The summed E-state index contributed by atoms with van der Waals surface area (Å²) in [7, 11) is 0. The van der Waals surface area contributed by atoms with E-state index in [0.717, 1.165) is 0 Å². The highest BCUT2D eigenvalue weighted by molar-refractivity contribution is 7.80. The van der Waals surface area contributed by atoms with Crippen molar-refractivity contribution in [3.05, 3.63) is 18.0 Å². The van der Waals surface area contributed by atoms with E-state index in [2.05, 4.69) is 28.1 Å². The highest BCUT2D eigenvalue weighted by Crippen LogP contribution is 1.89. The van der Waals surface area contributed by atoms with Crippen molar-refractivity contribution in [3.8, 4) is 0 Å². The number of nitrogens with one attached hydrogen (secondary N) is 2. The molecule has 5 heteroatoms. The lowest BCUT2D eigenvalue weighted by molar-refractivity contribution is 0.0956. The van der Waals surface area contributed by atoms with Crippen LogP contribution in [0.5, 0.6) is 0 Å². The van der Waals surface area contributed by atoms with E-state index in [9.17, 15) is 4.79 Å². The molecule has 0 saturated carbocycles. The van der Waals surface area contributed by atoms with E-state index >= 15 is 0 Å². The maximum absolute atomic E-state index is 10.9. The molecular weight excluding hydrogens is 150 g/mol. The lowest BCUT2D eigenvalue weighted by atomic mass is 10.4. The van der Waals surface area contributed by atoms with E-state index in [1.54, 1.807) is 6.07 Å². The van der Waals surface area contributed by atoms with Gasteiger partial charge < -0.3 is 5.32 Å². The minimum atomic E-state index is -0.187. The van der Waals surface area contributed by atoms with E-state index in [1.165, 1.54) is 6.20 Å². The van der Waals surface area contributed by atoms with Gasteiger partial charge in [-0.05, 0) is 6.07 Å². The zero-order chi connectivity index (χ0) is 7.40. The first-order chi connectivity index (χ1) is 4.84. The number of hydrogen-bond donors (Lipinski definition) is 3. The number of carbonyl (C=O) groups is 1. The predicted octanol–water partition coefficient (Wildman–Crippen LogP) is 0.0268. The molecule has 1 heterocycles. The first-order valence-electron chi connectivity index (χ1n) is 2.73. The van der Waals surface area contributed by atoms with Gasteiger partial charge in [-0.1, -0.05) is 0 Å². The molecule has 0 radical (unpaired) electrons. The fourth-order valence-corrected chi connectivity index (χ4v) is 0.693. The van der Waals surface area contributed by atoms with E-state index in [0.29, 0.717) is 11.6 Å².